The first kappa shape index (κ1) is 18.7. The summed E-state index contributed by atoms with van der Waals surface area (Å²) in [4.78, 5) is 24.3. The normalized spacial score (nSPS) is 10.3. The summed E-state index contributed by atoms with van der Waals surface area (Å²) in [6, 6.07) is 24.2. The molecule has 4 nitrogen and oxygen atoms in total. The van der Waals surface area contributed by atoms with Crippen molar-refractivity contribution < 1.29 is 9.59 Å². The maximum Gasteiger partial charge on any atom is 0.251 e. The number of anilines is 1. The summed E-state index contributed by atoms with van der Waals surface area (Å²) in [6.07, 6.45) is 0.717. The summed E-state index contributed by atoms with van der Waals surface area (Å²) in [5.74, 6) is -0.600. The van der Waals surface area contributed by atoms with Gasteiger partial charge in [0.15, 0.2) is 0 Å². The van der Waals surface area contributed by atoms with E-state index in [2.05, 4.69) is 10.6 Å². The summed E-state index contributed by atoms with van der Waals surface area (Å²) in [5.41, 5.74) is 3.38. The number of halogens is 1. The Morgan fingerprint density at radius 1 is 0.815 bits per heavy atom. The molecule has 0 saturated heterocycles. The van der Waals surface area contributed by atoms with Gasteiger partial charge in [-0.3, -0.25) is 9.59 Å². The maximum atomic E-state index is 12.3. The van der Waals surface area contributed by atoms with Crippen molar-refractivity contribution in [2.24, 2.45) is 0 Å². The van der Waals surface area contributed by atoms with Crippen LogP contribution in [-0.2, 0) is 11.2 Å². The summed E-state index contributed by atoms with van der Waals surface area (Å²) < 4.78 is 0. The van der Waals surface area contributed by atoms with Gasteiger partial charge in [0.05, 0.1) is 6.54 Å². The highest BCUT2D eigenvalue weighted by atomic mass is 35.5. The molecule has 0 aliphatic carbocycles. The number of carbonyl (C=O) groups is 2. The van der Waals surface area contributed by atoms with Gasteiger partial charge in [-0.2, -0.15) is 0 Å². The molecule has 0 aromatic heterocycles. The molecule has 0 fully saturated rings. The van der Waals surface area contributed by atoms with E-state index in [-0.39, 0.29) is 18.4 Å². The van der Waals surface area contributed by atoms with Crippen LogP contribution in [0.5, 0.6) is 0 Å². The van der Waals surface area contributed by atoms with E-state index in [1.54, 1.807) is 24.3 Å². The van der Waals surface area contributed by atoms with Gasteiger partial charge in [-0.05, 0) is 47.9 Å². The third-order valence-corrected chi connectivity index (χ3v) is 4.30. The Balaban J connectivity index is 1.59. The zero-order valence-electron chi connectivity index (χ0n) is 14.6. The molecule has 0 radical (unpaired) electrons. The number of rotatable bonds is 6. The van der Waals surface area contributed by atoms with E-state index in [9.17, 15) is 9.59 Å². The third-order valence-electron chi connectivity index (χ3n) is 4.04. The van der Waals surface area contributed by atoms with E-state index in [1.807, 2.05) is 54.6 Å². The van der Waals surface area contributed by atoms with Crippen molar-refractivity contribution in [1.29, 1.82) is 0 Å². The molecule has 0 heterocycles. The smallest absolute Gasteiger partial charge is 0.251 e. The fourth-order valence-corrected chi connectivity index (χ4v) is 2.80. The highest BCUT2D eigenvalue weighted by Gasteiger charge is 2.10. The molecular weight excluding hydrogens is 360 g/mol. The molecule has 2 N–H and O–H groups in total. The van der Waals surface area contributed by atoms with Crippen LogP contribution >= 0.6 is 11.6 Å². The molecular formula is C22H19ClN2O2. The van der Waals surface area contributed by atoms with Crippen molar-refractivity contribution >= 4 is 29.1 Å². The zero-order valence-corrected chi connectivity index (χ0v) is 15.4. The molecule has 0 saturated carbocycles. The molecule has 2 amide bonds. The number of nitrogens with one attached hydrogen (secondary N) is 2. The van der Waals surface area contributed by atoms with Crippen LogP contribution in [0.25, 0.3) is 0 Å². The molecule has 3 rings (SSSR count). The monoisotopic (exact) mass is 378 g/mol. The molecule has 3 aromatic carbocycles. The Hall–Kier alpha value is -3.11. The minimum absolute atomic E-state index is 0.110. The molecule has 0 spiro atoms. The lowest BCUT2D eigenvalue weighted by atomic mass is 10.0. The van der Waals surface area contributed by atoms with E-state index >= 15 is 0 Å². The standard InChI is InChI=1S/C22H19ClN2O2/c23-19-12-10-17(11-13-19)22(27)24-15-21(26)25-20-9-5-4-8-18(20)14-16-6-2-1-3-7-16/h1-13H,14-15H2,(H,24,27)(H,25,26). The van der Waals surface area contributed by atoms with Gasteiger partial charge in [-0.1, -0.05) is 60.1 Å². The topological polar surface area (TPSA) is 58.2 Å². The van der Waals surface area contributed by atoms with Gasteiger partial charge in [0.25, 0.3) is 5.91 Å². The van der Waals surface area contributed by atoms with Crippen LogP contribution in [0, 0.1) is 0 Å². The molecule has 0 aliphatic heterocycles. The Labute approximate surface area is 163 Å². The average molecular weight is 379 g/mol. The van der Waals surface area contributed by atoms with Crippen LogP contribution in [-0.4, -0.2) is 18.4 Å². The number of para-hydroxylation sites is 1. The van der Waals surface area contributed by atoms with Crippen LogP contribution in [0.3, 0.4) is 0 Å². The first-order valence-corrected chi connectivity index (χ1v) is 8.95. The summed E-state index contributed by atoms with van der Waals surface area (Å²) >= 11 is 5.81. The minimum Gasteiger partial charge on any atom is -0.343 e. The maximum absolute atomic E-state index is 12.3. The fraction of sp³-hybridized carbons (Fsp3) is 0.0909. The molecule has 0 bridgehead atoms. The fourth-order valence-electron chi connectivity index (χ4n) is 2.67. The molecule has 136 valence electrons. The Bertz CT molecular complexity index is 925. The molecule has 27 heavy (non-hydrogen) atoms. The molecule has 0 atom stereocenters. The van der Waals surface area contributed by atoms with Crippen molar-refractivity contribution in [2.75, 3.05) is 11.9 Å². The predicted molar refractivity (Wildman–Crippen MR) is 108 cm³/mol. The first-order valence-electron chi connectivity index (χ1n) is 8.57. The van der Waals surface area contributed by atoms with E-state index in [1.165, 1.54) is 0 Å². The quantitative estimate of drug-likeness (QED) is 0.671. The first-order chi connectivity index (χ1) is 13.1. The summed E-state index contributed by atoms with van der Waals surface area (Å²) in [7, 11) is 0. The van der Waals surface area contributed by atoms with Gasteiger partial charge < -0.3 is 10.6 Å². The van der Waals surface area contributed by atoms with Gasteiger partial charge in [-0.15, -0.1) is 0 Å². The SMILES string of the molecule is O=C(CNC(=O)c1ccc(Cl)cc1)Nc1ccccc1Cc1ccccc1. The molecule has 0 aliphatic rings. The second kappa shape index (κ2) is 9.01. The van der Waals surface area contributed by atoms with Crippen LogP contribution in [0.2, 0.25) is 5.02 Å². The number of carbonyl (C=O) groups excluding carboxylic acids is 2. The number of benzene rings is 3. The second-order valence-corrected chi connectivity index (χ2v) is 6.49. The highest BCUT2D eigenvalue weighted by Crippen LogP contribution is 2.19. The van der Waals surface area contributed by atoms with E-state index in [4.69, 9.17) is 11.6 Å². The third kappa shape index (κ3) is 5.43. The Morgan fingerprint density at radius 3 is 2.22 bits per heavy atom. The van der Waals surface area contributed by atoms with E-state index in [0.29, 0.717) is 17.0 Å². The molecule has 5 heteroatoms. The minimum atomic E-state index is -0.320. The van der Waals surface area contributed by atoms with Crippen LogP contribution < -0.4 is 10.6 Å². The molecule has 0 unspecified atom stereocenters. The van der Waals surface area contributed by atoms with Crippen LogP contribution in [0.15, 0.2) is 78.9 Å². The average Bonchev–Trinajstić information content (AvgIpc) is 2.69. The van der Waals surface area contributed by atoms with Gasteiger partial charge in [0.2, 0.25) is 5.91 Å². The molecule has 3 aromatic rings. The Morgan fingerprint density at radius 2 is 1.48 bits per heavy atom. The van der Waals surface area contributed by atoms with Crippen molar-refractivity contribution in [3.05, 3.63) is 101 Å². The van der Waals surface area contributed by atoms with Gasteiger partial charge in [-0.25, -0.2) is 0 Å². The number of amides is 2. The second-order valence-electron chi connectivity index (χ2n) is 6.06. The lowest BCUT2D eigenvalue weighted by Crippen LogP contribution is -2.33. The van der Waals surface area contributed by atoms with Crippen molar-refractivity contribution in [2.45, 2.75) is 6.42 Å². The van der Waals surface area contributed by atoms with Crippen molar-refractivity contribution in [1.82, 2.24) is 5.32 Å². The zero-order chi connectivity index (χ0) is 19.1. The summed E-state index contributed by atoms with van der Waals surface area (Å²) in [5, 5.41) is 6.04. The summed E-state index contributed by atoms with van der Waals surface area (Å²) in [6.45, 7) is -0.110. The van der Waals surface area contributed by atoms with Crippen LogP contribution in [0.4, 0.5) is 5.69 Å². The van der Waals surface area contributed by atoms with Crippen LogP contribution in [0.1, 0.15) is 21.5 Å². The largest absolute Gasteiger partial charge is 0.343 e. The highest BCUT2D eigenvalue weighted by molar-refractivity contribution is 6.30. The predicted octanol–water partition coefficient (Wildman–Crippen LogP) is 4.30. The van der Waals surface area contributed by atoms with Gasteiger partial charge in [0, 0.05) is 16.3 Å². The number of hydrogen-bond donors (Lipinski definition) is 2. The van der Waals surface area contributed by atoms with Gasteiger partial charge in [0.1, 0.15) is 0 Å². The van der Waals surface area contributed by atoms with E-state index < -0.39 is 0 Å². The lowest BCUT2D eigenvalue weighted by Gasteiger charge is -2.12. The van der Waals surface area contributed by atoms with Crippen molar-refractivity contribution in [3.8, 4) is 0 Å². The number of hydrogen-bond acceptors (Lipinski definition) is 2. The lowest BCUT2D eigenvalue weighted by molar-refractivity contribution is -0.115. The van der Waals surface area contributed by atoms with E-state index in [0.717, 1.165) is 16.8 Å². The Kier molecular flexibility index (Phi) is 6.23. The van der Waals surface area contributed by atoms with Gasteiger partial charge >= 0.3 is 0 Å². The van der Waals surface area contributed by atoms with Crippen molar-refractivity contribution in [3.63, 3.8) is 0 Å².